The van der Waals surface area contributed by atoms with Crippen LogP contribution in [0.2, 0.25) is 0 Å². The van der Waals surface area contributed by atoms with E-state index >= 15 is 0 Å². The van der Waals surface area contributed by atoms with E-state index in [-0.39, 0.29) is 23.5 Å². The van der Waals surface area contributed by atoms with Gasteiger partial charge in [-0.25, -0.2) is 8.93 Å². The predicted octanol–water partition coefficient (Wildman–Crippen LogP) is 3.68. The summed E-state index contributed by atoms with van der Waals surface area (Å²) in [4.78, 5) is 34.7. The summed E-state index contributed by atoms with van der Waals surface area (Å²) in [5, 5.41) is 2.06. The van der Waals surface area contributed by atoms with Gasteiger partial charge in [0, 0.05) is 17.9 Å². The van der Waals surface area contributed by atoms with E-state index in [1.54, 1.807) is 13.0 Å². The van der Waals surface area contributed by atoms with E-state index in [9.17, 15) is 18.6 Å². The first-order valence-corrected chi connectivity index (χ1v) is 12.3. The van der Waals surface area contributed by atoms with Crippen LogP contribution in [0.3, 0.4) is 0 Å². The first-order valence-electron chi connectivity index (χ1n) is 11.1. The molecule has 7 nitrogen and oxygen atoms in total. The average molecular weight is 471 g/mol. The minimum atomic E-state index is -1.53. The topological polar surface area (TPSA) is 102 Å². The van der Waals surface area contributed by atoms with E-state index in [0.717, 1.165) is 6.29 Å². The van der Waals surface area contributed by atoms with Gasteiger partial charge >= 0.3 is 0 Å². The first kappa shape index (κ1) is 30.2. The molecule has 5 atom stereocenters. The Bertz CT molecular complexity index is 703. The molecular weight excluding hydrogens is 428 g/mol. The Morgan fingerprint density at radius 2 is 1.75 bits per heavy atom. The lowest BCUT2D eigenvalue weighted by atomic mass is 9.91. The maximum absolute atomic E-state index is 12.5. The number of amides is 1. The van der Waals surface area contributed by atoms with Crippen molar-refractivity contribution in [3.05, 3.63) is 24.5 Å². The molecule has 0 aliphatic rings. The second-order valence-corrected chi connectivity index (χ2v) is 11.1. The summed E-state index contributed by atoms with van der Waals surface area (Å²) in [7, 11) is -1.53. The van der Waals surface area contributed by atoms with Crippen LogP contribution in [-0.2, 0) is 30.1 Å². The van der Waals surface area contributed by atoms with Gasteiger partial charge in [0.2, 0.25) is 5.91 Å². The molecule has 32 heavy (non-hydrogen) atoms. The predicted molar refractivity (Wildman–Crippen MR) is 130 cm³/mol. The quantitative estimate of drug-likeness (QED) is 0.204. The van der Waals surface area contributed by atoms with E-state index in [1.165, 1.54) is 13.0 Å². The smallest absolute Gasteiger partial charge is 0.244 e. The third-order valence-corrected chi connectivity index (χ3v) is 6.58. The minimum absolute atomic E-state index is 0.0495. The SMILES string of the molecule is C=C(OC(CC(C)C)C(C)=O)C(C)(C)CNS(=O)C(C)NC(=O)/C=C/CC(C)C(C)C=O. The van der Waals surface area contributed by atoms with Crippen LogP contribution in [0.25, 0.3) is 0 Å². The molecule has 0 spiro atoms. The van der Waals surface area contributed by atoms with Gasteiger partial charge in [-0.05, 0) is 44.6 Å². The summed E-state index contributed by atoms with van der Waals surface area (Å²) in [6.07, 6.45) is 4.69. The molecule has 0 fully saturated rings. The van der Waals surface area contributed by atoms with E-state index in [4.69, 9.17) is 4.74 Å². The van der Waals surface area contributed by atoms with Crippen LogP contribution >= 0.6 is 0 Å². The van der Waals surface area contributed by atoms with Gasteiger partial charge in [0.25, 0.3) is 0 Å². The van der Waals surface area contributed by atoms with Crippen molar-refractivity contribution in [1.82, 2.24) is 10.0 Å². The fourth-order valence-corrected chi connectivity index (χ4v) is 3.55. The number of rotatable bonds is 16. The van der Waals surface area contributed by atoms with Gasteiger partial charge < -0.3 is 14.8 Å². The Balaban J connectivity index is 4.67. The van der Waals surface area contributed by atoms with Crippen molar-refractivity contribution in [2.75, 3.05) is 6.54 Å². The summed E-state index contributed by atoms with van der Waals surface area (Å²) >= 11 is 0. The number of Topliss-reactive ketones (excluding diaryl/α,β-unsaturated/α-hetero) is 1. The molecule has 0 aromatic heterocycles. The van der Waals surface area contributed by atoms with Crippen molar-refractivity contribution < 1.29 is 23.3 Å². The van der Waals surface area contributed by atoms with Crippen LogP contribution in [0.4, 0.5) is 0 Å². The van der Waals surface area contributed by atoms with Crippen molar-refractivity contribution in [3.8, 4) is 0 Å². The zero-order chi connectivity index (χ0) is 25.1. The Labute approximate surface area is 196 Å². The summed E-state index contributed by atoms with van der Waals surface area (Å²) in [6.45, 7) is 19.0. The Morgan fingerprint density at radius 1 is 1.16 bits per heavy atom. The molecule has 0 aliphatic carbocycles. The number of carbonyl (C=O) groups excluding carboxylic acids is 3. The number of ether oxygens (including phenoxy) is 1. The minimum Gasteiger partial charge on any atom is -0.487 e. The zero-order valence-electron chi connectivity index (χ0n) is 20.9. The maximum Gasteiger partial charge on any atom is 0.244 e. The van der Waals surface area contributed by atoms with Gasteiger partial charge in [0.1, 0.15) is 22.6 Å². The number of carbonyl (C=O) groups is 3. The molecule has 0 aliphatic heterocycles. The molecule has 0 bridgehead atoms. The Hall–Kier alpha value is -1.80. The number of aldehydes is 1. The molecule has 0 heterocycles. The number of hydrogen-bond donors (Lipinski definition) is 2. The van der Waals surface area contributed by atoms with Gasteiger partial charge in [-0.15, -0.1) is 0 Å². The fourth-order valence-electron chi connectivity index (χ4n) is 2.57. The maximum atomic E-state index is 12.5. The molecule has 2 N–H and O–H groups in total. The fraction of sp³-hybridized carbons (Fsp3) is 0.708. The van der Waals surface area contributed by atoms with Crippen molar-refractivity contribution in [1.29, 1.82) is 0 Å². The number of hydrogen-bond acceptors (Lipinski definition) is 5. The normalized spacial score (nSPS) is 16.8. The van der Waals surface area contributed by atoms with Gasteiger partial charge in [-0.1, -0.05) is 54.2 Å². The van der Waals surface area contributed by atoms with Crippen LogP contribution in [0.1, 0.15) is 68.2 Å². The van der Waals surface area contributed by atoms with Crippen LogP contribution in [0.15, 0.2) is 24.5 Å². The second kappa shape index (κ2) is 14.4. The van der Waals surface area contributed by atoms with Crippen LogP contribution in [-0.4, -0.2) is 40.2 Å². The Morgan fingerprint density at radius 3 is 2.25 bits per heavy atom. The van der Waals surface area contributed by atoms with E-state index in [1.807, 2.05) is 41.5 Å². The lowest BCUT2D eigenvalue weighted by molar-refractivity contribution is -0.127. The molecule has 0 rings (SSSR count). The molecule has 5 unspecified atom stereocenters. The standard InChI is InChI=1S/C24H42N2O5S/c1-16(2)13-22(19(5)28)31-20(6)24(8,9)15-25-32(30)21(7)26-23(29)12-10-11-17(3)18(4)14-27/h10,12,14,16-18,21-22,25H,6,11,13,15H2,1-5,7-9H3,(H,26,29)/b12-10+. The third-order valence-electron chi connectivity index (χ3n) is 5.39. The van der Waals surface area contributed by atoms with E-state index in [0.29, 0.717) is 31.1 Å². The lowest BCUT2D eigenvalue weighted by Crippen LogP contribution is -2.43. The summed E-state index contributed by atoms with van der Waals surface area (Å²) < 4.78 is 21.3. The van der Waals surface area contributed by atoms with E-state index in [2.05, 4.69) is 16.6 Å². The average Bonchev–Trinajstić information content (AvgIpc) is 2.69. The molecule has 184 valence electrons. The van der Waals surface area contributed by atoms with Crippen molar-refractivity contribution >= 4 is 29.0 Å². The zero-order valence-corrected chi connectivity index (χ0v) is 21.7. The van der Waals surface area contributed by atoms with Gasteiger partial charge in [0.05, 0.1) is 5.76 Å². The molecule has 0 saturated carbocycles. The molecule has 0 aromatic rings. The highest BCUT2D eigenvalue weighted by Crippen LogP contribution is 2.28. The summed E-state index contributed by atoms with van der Waals surface area (Å²) in [5.41, 5.74) is -0.574. The van der Waals surface area contributed by atoms with Crippen molar-refractivity contribution in [2.24, 2.45) is 23.2 Å². The molecule has 8 heteroatoms. The highest BCUT2D eigenvalue weighted by molar-refractivity contribution is 7.83. The van der Waals surface area contributed by atoms with Crippen molar-refractivity contribution in [3.63, 3.8) is 0 Å². The number of allylic oxidation sites excluding steroid dienone is 1. The van der Waals surface area contributed by atoms with Gasteiger partial charge in [0.15, 0.2) is 11.9 Å². The first-order chi connectivity index (χ1) is 14.7. The highest BCUT2D eigenvalue weighted by atomic mass is 32.2. The van der Waals surface area contributed by atoms with Gasteiger partial charge in [-0.3, -0.25) is 9.59 Å². The lowest BCUT2D eigenvalue weighted by Gasteiger charge is -2.31. The molecular formula is C24H42N2O5S. The number of nitrogens with one attached hydrogen (secondary N) is 2. The van der Waals surface area contributed by atoms with Gasteiger partial charge in [-0.2, -0.15) is 0 Å². The van der Waals surface area contributed by atoms with Crippen LogP contribution < -0.4 is 10.0 Å². The third kappa shape index (κ3) is 11.7. The largest absolute Gasteiger partial charge is 0.487 e. The molecule has 0 aromatic carbocycles. The van der Waals surface area contributed by atoms with Crippen LogP contribution in [0.5, 0.6) is 0 Å². The molecule has 0 radical (unpaired) electrons. The van der Waals surface area contributed by atoms with E-state index < -0.39 is 27.9 Å². The summed E-state index contributed by atoms with van der Waals surface area (Å²) in [5.74, 6) is 0.430. The highest BCUT2D eigenvalue weighted by Gasteiger charge is 2.29. The monoisotopic (exact) mass is 470 g/mol. The Kier molecular flexibility index (Phi) is 13.6. The molecule has 1 amide bonds. The second-order valence-electron chi connectivity index (χ2n) is 9.53. The van der Waals surface area contributed by atoms with Crippen molar-refractivity contribution in [2.45, 2.75) is 79.7 Å². The summed E-state index contributed by atoms with van der Waals surface area (Å²) in [6, 6.07) is 0. The number of ketones is 1. The van der Waals surface area contributed by atoms with Crippen LogP contribution in [0, 0.1) is 23.2 Å². The molecule has 0 saturated heterocycles.